The van der Waals surface area contributed by atoms with E-state index in [0.717, 1.165) is 32.1 Å². The Balaban J connectivity index is 1.52. The molecule has 3 aliphatic rings. The predicted molar refractivity (Wildman–Crippen MR) is 149 cm³/mol. The van der Waals surface area contributed by atoms with Gasteiger partial charge in [-0.05, 0) is 49.1 Å². The highest BCUT2D eigenvalue weighted by atomic mass is 16.6. The Morgan fingerprint density at radius 2 is 1.93 bits per heavy atom. The van der Waals surface area contributed by atoms with Crippen molar-refractivity contribution in [2.24, 2.45) is 11.3 Å². The first kappa shape index (κ1) is 28.8. The molecule has 0 unspecified atom stereocenters. The van der Waals surface area contributed by atoms with Crippen LogP contribution in [0.15, 0.2) is 18.2 Å². The van der Waals surface area contributed by atoms with Gasteiger partial charge in [-0.1, -0.05) is 39.7 Å². The SMILES string of the molecule is COc1cccc2c(O)c3c(nc12)O[C@@H]1C[C@@H](C(=O)O)N(C1)C(=O)[C@H](C(C)(C)C)NC(=O)O[C@@H]1C[C@H]1CCCCC3. The lowest BCUT2D eigenvalue weighted by Crippen LogP contribution is -2.57. The number of pyridine rings is 1. The van der Waals surface area contributed by atoms with Crippen LogP contribution in [0.2, 0.25) is 0 Å². The van der Waals surface area contributed by atoms with Crippen LogP contribution >= 0.6 is 0 Å². The Bertz CT molecular complexity index is 1340. The maximum atomic E-state index is 13.8. The number of amides is 2. The number of nitrogens with one attached hydrogen (secondary N) is 1. The van der Waals surface area contributed by atoms with E-state index in [-0.39, 0.29) is 36.6 Å². The van der Waals surface area contributed by atoms with Crippen molar-refractivity contribution in [1.82, 2.24) is 15.2 Å². The van der Waals surface area contributed by atoms with Gasteiger partial charge in [0.15, 0.2) is 0 Å². The molecule has 11 nitrogen and oxygen atoms in total. The molecule has 1 aromatic heterocycles. The molecule has 5 atom stereocenters. The number of aromatic hydroxyl groups is 1. The van der Waals surface area contributed by atoms with Crippen LogP contribution in [0.25, 0.3) is 10.9 Å². The highest BCUT2D eigenvalue weighted by molar-refractivity contribution is 5.92. The molecule has 1 aromatic carbocycles. The normalized spacial score (nSPS) is 27.4. The van der Waals surface area contributed by atoms with Crippen LogP contribution < -0.4 is 14.8 Å². The summed E-state index contributed by atoms with van der Waals surface area (Å²) in [5, 5.41) is 24.6. The van der Waals surface area contributed by atoms with Crippen molar-refractivity contribution in [3.63, 3.8) is 0 Å². The molecule has 11 heteroatoms. The number of carbonyl (C=O) groups excluding carboxylic acids is 2. The molecule has 2 fully saturated rings. The number of aliphatic carboxylic acids is 1. The number of fused-ring (bicyclic) bond motifs is 5. The number of ether oxygens (including phenoxy) is 3. The van der Waals surface area contributed by atoms with Crippen LogP contribution in [0.1, 0.15) is 64.9 Å². The van der Waals surface area contributed by atoms with Crippen LogP contribution in [0, 0.1) is 11.3 Å². The van der Waals surface area contributed by atoms with Crippen molar-refractivity contribution in [3.8, 4) is 17.4 Å². The summed E-state index contributed by atoms with van der Waals surface area (Å²) in [5.41, 5.74) is 0.275. The van der Waals surface area contributed by atoms with Crippen molar-refractivity contribution in [2.75, 3.05) is 13.7 Å². The number of carbonyl (C=O) groups is 3. The number of nitrogens with zero attached hydrogens (tertiary/aromatic N) is 2. The molecule has 1 aliphatic carbocycles. The van der Waals surface area contributed by atoms with E-state index >= 15 is 0 Å². The minimum atomic E-state index is -1.16. The van der Waals surface area contributed by atoms with Gasteiger partial charge in [-0.15, -0.1) is 0 Å². The van der Waals surface area contributed by atoms with Crippen LogP contribution in [-0.4, -0.2) is 76.0 Å². The Hall–Kier alpha value is -3.76. The Morgan fingerprint density at radius 3 is 2.63 bits per heavy atom. The molecule has 1 saturated heterocycles. The average molecular weight is 570 g/mol. The van der Waals surface area contributed by atoms with Gasteiger partial charge in [0.1, 0.15) is 41.3 Å². The molecular formula is C30H39N3O8. The summed E-state index contributed by atoms with van der Waals surface area (Å²) in [6, 6.07) is 3.14. The van der Waals surface area contributed by atoms with Crippen LogP contribution in [0.3, 0.4) is 0 Å². The van der Waals surface area contributed by atoms with Gasteiger partial charge >= 0.3 is 12.1 Å². The van der Waals surface area contributed by atoms with Gasteiger partial charge in [0.2, 0.25) is 11.8 Å². The molecule has 222 valence electrons. The second-order valence-electron chi connectivity index (χ2n) is 12.4. The van der Waals surface area contributed by atoms with Crippen LogP contribution in [0.4, 0.5) is 4.79 Å². The number of alkyl carbamates (subject to hydrolysis) is 1. The van der Waals surface area contributed by atoms with E-state index < -0.39 is 41.6 Å². The Kier molecular flexibility index (Phi) is 7.89. The number of rotatable bonds is 2. The van der Waals surface area contributed by atoms with Gasteiger partial charge in [-0.2, -0.15) is 0 Å². The van der Waals surface area contributed by atoms with Gasteiger partial charge < -0.3 is 34.6 Å². The number of benzene rings is 1. The molecule has 0 radical (unpaired) electrons. The topological polar surface area (TPSA) is 148 Å². The molecule has 0 spiro atoms. The Labute approximate surface area is 239 Å². The van der Waals surface area contributed by atoms with Crippen molar-refractivity contribution < 1.29 is 38.8 Å². The van der Waals surface area contributed by atoms with Gasteiger partial charge in [-0.3, -0.25) is 4.79 Å². The lowest BCUT2D eigenvalue weighted by atomic mass is 9.85. The van der Waals surface area contributed by atoms with E-state index in [9.17, 15) is 24.6 Å². The largest absolute Gasteiger partial charge is 0.507 e. The molecule has 3 heterocycles. The minimum Gasteiger partial charge on any atom is -0.507 e. The number of hydrogen-bond donors (Lipinski definition) is 3. The first-order valence-electron chi connectivity index (χ1n) is 14.3. The van der Waals surface area contributed by atoms with E-state index in [1.54, 1.807) is 18.2 Å². The third-order valence-electron chi connectivity index (χ3n) is 8.33. The van der Waals surface area contributed by atoms with Gasteiger partial charge in [0.25, 0.3) is 0 Å². The quantitative estimate of drug-likeness (QED) is 0.488. The minimum absolute atomic E-state index is 0.0182. The zero-order valence-electron chi connectivity index (χ0n) is 24.0. The molecule has 1 saturated carbocycles. The molecule has 2 aliphatic heterocycles. The summed E-state index contributed by atoms with van der Waals surface area (Å²) in [4.78, 5) is 44.9. The van der Waals surface area contributed by atoms with E-state index in [1.165, 1.54) is 12.0 Å². The summed E-state index contributed by atoms with van der Waals surface area (Å²) in [7, 11) is 1.52. The number of para-hydroxylation sites is 1. The summed E-state index contributed by atoms with van der Waals surface area (Å²) in [5.74, 6) is -0.660. The highest BCUT2D eigenvalue weighted by Gasteiger charge is 2.47. The predicted octanol–water partition coefficient (Wildman–Crippen LogP) is 4.03. The highest BCUT2D eigenvalue weighted by Crippen LogP contribution is 2.41. The fraction of sp³-hybridized carbons (Fsp3) is 0.600. The summed E-state index contributed by atoms with van der Waals surface area (Å²) in [6.07, 6.45) is 3.32. The number of hydrogen-bond acceptors (Lipinski definition) is 8. The third kappa shape index (κ3) is 5.99. The summed E-state index contributed by atoms with van der Waals surface area (Å²) < 4.78 is 17.4. The van der Waals surface area contributed by atoms with Crippen molar-refractivity contribution in [1.29, 1.82) is 0 Å². The zero-order valence-corrected chi connectivity index (χ0v) is 24.0. The van der Waals surface area contributed by atoms with Crippen molar-refractivity contribution in [2.45, 2.75) is 90.0 Å². The van der Waals surface area contributed by atoms with Gasteiger partial charge in [-0.25, -0.2) is 14.6 Å². The maximum Gasteiger partial charge on any atom is 0.408 e. The van der Waals surface area contributed by atoms with Gasteiger partial charge in [0.05, 0.1) is 19.2 Å². The van der Waals surface area contributed by atoms with Crippen LogP contribution in [0.5, 0.6) is 17.4 Å². The monoisotopic (exact) mass is 569 g/mol. The number of aromatic nitrogens is 1. The van der Waals surface area contributed by atoms with Crippen LogP contribution in [-0.2, 0) is 20.7 Å². The molecule has 41 heavy (non-hydrogen) atoms. The number of methoxy groups -OCH3 is 1. The molecule has 5 rings (SSSR count). The molecule has 2 aromatic rings. The van der Waals surface area contributed by atoms with E-state index in [2.05, 4.69) is 5.32 Å². The Morgan fingerprint density at radius 1 is 1.15 bits per heavy atom. The fourth-order valence-electron chi connectivity index (χ4n) is 5.92. The standard InChI is InChI=1S/C30H39N3O8/c1-30(2,3)25-27(35)33-15-17(14-20(33)28(36)37)40-26-19(24(34)18-11-8-12-21(39-4)23(18)31-26)10-7-5-6-9-16-13-22(16)41-29(38)32-25/h8,11-12,16-17,20,22,25H,5-7,9-10,13-15H2,1-4H3,(H,31,34)(H,32,38)(H,36,37)/t16-,17-,20+,22-,25-/m1/s1. The molecular weight excluding hydrogens is 530 g/mol. The summed E-state index contributed by atoms with van der Waals surface area (Å²) >= 11 is 0. The van der Waals surface area contributed by atoms with Crippen molar-refractivity contribution >= 4 is 28.9 Å². The molecule has 2 amide bonds. The van der Waals surface area contributed by atoms with Crippen molar-refractivity contribution in [3.05, 3.63) is 23.8 Å². The first-order chi connectivity index (χ1) is 19.5. The van der Waals surface area contributed by atoms with E-state index in [0.29, 0.717) is 28.6 Å². The number of carboxylic acid groups (broad SMARTS) is 1. The second-order valence-corrected chi connectivity index (χ2v) is 12.4. The first-order valence-corrected chi connectivity index (χ1v) is 14.3. The smallest absolute Gasteiger partial charge is 0.408 e. The number of carboxylic acids is 1. The lowest BCUT2D eigenvalue weighted by Gasteiger charge is -2.34. The molecule has 3 N–H and O–H groups in total. The third-order valence-corrected chi connectivity index (χ3v) is 8.33. The zero-order chi connectivity index (χ0) is 29.5. The van der Waals surface area contributed by atoms with E-state index in [1.807, 2.05) is 20.8 Å². The van der Waals surface area contributed by atoms with Gasteiger partial charge in [0, 0.05) is 11.8 Å². The average Bonchev–Trinajstić information content (AvgIpc) is 3.49. The van der Waals surface area contributed by atoms with E-state index in [4.69, 9.17) is 19.2 Å². The maximum absolute atomic E-state index is 13.8. The second kappa shape index (κ2) is 11.3. The summed E-state index contributed by atoms with van der Waals surface area (Å²) in [6.45, 7) is 5.41. The fourth-order valence-corrected chi connectivity index (χ4v) is 5.92. The lowest BCUT2D eigenvalue weighted by molar-refractivity contribution is -0.150. The molecule has 2 bridgehead atoms.